The Labute approximate surface area is 93.6 Å². The molecule has 0 aromatic heterocycles. The predicted octanol–water partition coefficient (Wildman–Crippen LogP) is 1.68. The second-order valence-corrected chi connectivity index (χ2v) is 3.28. The maximum Gasteiger partial charge on any atom is 0.254 e. The third kappa shape index (κ3) is 3.19. The number of carbonyl (C=O) groups excluding carboxylic acids is 1. The van der Waals surface area contributed by atoms with Crippen LogP contribution >= 0.6 is 11.6 Å². The molecule has 0 heterocycles. The maximum atomic E-state index is 11.5. The Morgan fingerprint density at radius 1 is 1.60 bits per heavy atom. The molecule has 0 bridgehead atoms. The van der Waals surface area contributed by atoms with Crippen molar-refractivity contribution in [2.45, 2.75) is 6.92 Å². The van der Waals surface area contributed by atoms with E-state index in [0.29, 0.717) is 22.8 Å². The van der Waals surface area contributed by atoms with Crippen LogP contribution in [0.15, 0.2) is 18.2 Å². The minimum absolute atomic E-state index is 0.244. The van der Waals surface area contributed by atoms with Crippen LogP contribution in [0, 0.1) is 11.8 Å². The first-order valence-corrected chi connectivity index (χ1v) is 4.75. The normalized spacial score (nSPS) is 8.93. The molecule has 0 spiro atoms. The van der Waals surface area contributed by atoms with Crippen LogP contribution in [0.3, 0.4) is 0 Å². The molecule has 0 saturated carbocycles. The van der Waals surface area contributed by atoms with Gasteiger partial charge in [0.05, 0.1) is 12.1 Å². The molecule has 4 heteroatoms. The SMILES string of the molecule is CC#CCNC(=O)c1ccc(Cl)cc1N. The van der Waals surface area contributed by atoms with Gasteiger partial charge in [-0.05, 0) is 25.1 Å². The number of halogens is 1. The molecule has 1 aromatic carbocycles. The van der Waals surface area contributed by atoms with Crippen molar-refractivity contribution in [1.29, 1.82) is 0 Å². The first kappa shape index (κ1) is 11.4. The van der Waals surface area contributed by atoms with Gasteiger partial charge in [0.15, 0.2) is 0 Å². The van der Waals surface area contributed by atoms with Crippen molar-refractivity contribution >= 4 is 23.2 Å². The van der Waals surface area contributed by atoms with E-state index >= 15 is 0 Å². The van der Waals surface area contributed by atoms with Crippen LogP contribution in [0.5, 0.6) is 0 Å². The molecule has 15 heavy (non-hydrogen) atoms. The number of anilines is 1. The van der Waals surface area contributed by atoms with Crippen molar-refractivity contribution in [3.05, 3.63) is 28.8 Å². The van der Waals surface area contributed by atoms with E-state index in [2.05, 4.69) is 17.2 Å². The molecule has 1 rings (SSSR count). The minimum Gasteiger partial charge on any atom is -0.398 e. The van der Waals surface area contributed by atoms with Gasteiger partial charge in [0.25, 0.3) is 5.91 Å². The van der Waals surface area contributed by atoms with Gasteiger partial charge < -0.3 is 11.1 Å². The Balaban J connectivity index is 2.76. The number of hydrogen-bond donors (Lipinski definition) is 2. The summed E-state index contributed by atoms with van der Waals surface area (Å²) in [6, 6.07) is 4.76. The molecule has 3 N–H and O–H groups in total. The van der Waals surface area contributed by atoms with Crippen LogP contribution in [0.4, 0.5) is 5.69 Å². The smallest absolute Gasteiger partial charge is 0.254 e. The summed E-state index contributed by atoms with van der Waals surface area (Å²) in [5, 5.41) is 3.14. The topological polar surface area (TPSA) is 55.1 Å². The van der Waals surface area contributed by atoms with E-state index in [0.717, 1.165) is 0 Å². The first-order valence-electron chi connectivity index (χ1n) is 4.38. The molecule has 0 aliphatic rings. The van der Waals surface area contributed by atoms with E-state index in [4.69, 9.17) is 17.3 Å². The average molecular weight is 223 g/mol. The molecular weight excluding hydrogens is 212 g/mol. The number of rotatable bonds is 2. The van der Waals surface area contributed by atoms with Gasteiger partial charge in [-0.25, -0.2) is 0 Å². The summed E-state index contributed by atoms with van der Waals surface area (Å²) >= 11 is 5.71. The zero-order valence-electron chi connectivity index (χ0n) is 8.30. The molecule has 3 nitrogen and oxygen atoms in total. The minimum atomic E-state index is -0.244. The monoisotopic (exact) mass is 222 g/mol. The highest BCUT2D eigenvalue weighted by Gasteiger charge is 2.08. The van der Waals surface area contributed by atoms with Gasteiger partial charge in [-0.15, -0.1) is 5.92 Å². The van der Waals surface area contributed by atoms with Gasteiger partial charge >= 0.3 is 0 Å². The average Bonchev–Trinajstić information content (AvgIpc) is 2.17. The summed E-state index contributed by atoms with van der Waals surface area (Å²) in [5.41, 5.74) is 6.42. The Kier molecular flexibility index (Phi) is 4.02. The van der Waals surface area contributed by atoms with Crippen molar-refractivity contribution in [1.82, 2.24) is 5.32 Å². The number of nitrogen functional groups attached to an aromatic ring is 1. The van der Waals surface area contributed by atoms with E-state index in [1.54, 1.807) is 25.1 Å². The van der Waals surface area contributed by atoms with Crippen LogP contribution in [-0.2, 0) is 0 Å². The van der Waals surface area contributed by atoms with Crippen LogP contribution in [0.25, 0.3) is 0 Å². The van der Waals surface area contributed by atoms with E-state index in [1.807, 2.05) is 0 Å². The zero-order chi connectivity index (χ0) is 11.3. The lowest BCUT2D eigenvalue weighted by Crippen LogP contribution is -2.24. The molecular formula is C11H11ClN2O. The molecule has 1 aromatic rings. The molecule has 0 aliphatic heterocycles. The molecule has 0 saturated heterocycles. The molecule has 78 valence electrons. The lowest BCUT2D eigenvalue weighted by atomic mass is 10.1. The third-order valence-corrected chi connectivity index (χ3v) is 2.01. The van der Waals surface area contributed by atoms with Crippen LogP contribution in [-0.4, -0.2) is 12.5 Å². The van der Waals surface area contributed by atoms with Gasteiger partial charge in [0.2, 0.25) is 0 Å². The summed E-state index contributed by atoms with van der Waals surface area (Å²) in [5.74, 6) is 5.17. The van der Waals surface area contributed by atoms with Crippen molar-refractivity contribution in [3.8, 4) is 11.8 Å². The number of hydrogen-bond acceptors (Lipinski definition) is 2. The summed E-state index contributed by atoms with van der Waals surface area (Å²) in [7, 11) is 0. The lowest BCUT2D eigenvalue weighted by Gasteiger charge is -2.05. The second kappa shape index (κ2) is 5.28. The van der Waals surface area contributed by atoms with E-state index in [-0.39, 0.29) is 5.91 Å². The van der Waals surface area contributed by atoms with Gasteiger partial charge in [-0.2, -0.15) is 0 Å². The lowest BCUT2D eigenvalue weighted by molar-refractivity contribution is 0.0959. The van der Waals surface area contributed by atoms with Gasteiger partial charge in [0, 0.05) is 10.7 Å². The zero-order valence-corrected chi connectivity index (χ0v) is 9.06. The van der Waals surface area contributed by atoms with Crippen LogP contribution in [0.1, 0.15) is 17.3 Å². The molecule has 0 radical (unpaired) electrons. The second-order valence-electron chi connectivity index (χ2n) is 2.84. The number of benzene rings is 1. The van der Waals surface area contributed by atoms with Gasteiger partial charge in [-0.3, -0.25) is 4.79 Å². The molecule has 0 unspecified atom stereocenters. The molecule has 0 fully saturated rings. The largest absolute Gasteiger partial charge is 0.398 e. The Morgan fingerprint density at radius 3 is 2.93 bits per heavy atom. The maximum absolute atomic E-state index is 11.5. The summed E-state index contributed by atoms with van der Waals surface area (Å²) in [6.07, 6.45) is 0. The fourth-order valence-electron chi connectivity index (χ4n) is 1.05. The quantitative estimate of drug-likeness (QED) is 0.591. The molecule has 0 aliphatic carbocycles. The van der Waals surface area contributed by atoms with Crippen molar-refractivity contribution < 1.29 is 4.79 Å². The van der Waals surface area contributed by atoms with Crippen molar-refractivity contribution in [2.75, 3.05) is 12.3 Å². The van der Waals surface area contributed by atoms with Crippen LogP contribution in [0.2, 0.25) is 5.02 Å². The van der Waals surface area contributed by atoms with Gasteiger partial charge in [-0.1, -0.05) is 17.5 Å². The number of carbonyl (C=O) groups is 1. The predicted molar refractivity (Wildman–Crippen MR) is 61.6 cm³/mol. The highest BCUT2D eigenvalue weighted by atomic mass is 35.5. The van der Waals surface area contributed by atoms with Crippen molar-refractivity contribution in [3.63, 3.8) is 0 Å². The van der Waals surface area contributed by atoms with E-state index in [1.165, 1.54) is 0 Å². The summed E-state index contributed by atoms with van der Waals surface area (Å²) in [4.78, 5) is 11.5. The molecule has 1 amide bonds. The standard InChI is InChI=1S/C11H11ClN2O/c1-2-3-6-14-11(15)9-5-4-8(12)7-10(9)13/h4-5,7H,6,13H2,1H3,(H,14,15). The Morgan fingerprint density at radius 2 is 2.33 bits per heavy atom. The number of nitrogens with one attached hydrogen (secondary N) is 1. The van der Waals surface area contributed by atoms with Gasteiger partial charge in [0.1, 0.15) is 0 Å². The van der Waals surface area contributed by atoms with E-state index in [9.17, 15) is 4.79 Å². The third-order valence-electron chi connectivity index (χ3n) is 1.77. The highest BCUT2D eigenvalue weighted by Crippen LogP contribution is 2.17. The highest BCUT2D eigenvalue weighted by molar-refractivity contribution is 6.31. The fraction of sp³-hybridized carbons (Fsp3) is 0.182. The summed E-state index contributed by atoms with van der Waals surface area (Å²) < 4.78 is 0. The van der Waals surface area contributed by atoms with E-state index < -0.39 is 0 Å². The number of amides is 1. The first-order chi connectivity index (χ1) is 7.15. The number of nitrogens with two attached hydrogens (primary N) is 1. The Bertz CT molecular complexity index is 432. The summed E-state index contributed by atoms with van der Waals surface area (Å²) in [6.45, 7) is 2.03. The fourth-order valence-corrected chi connectivity index (χ4v) is 1.23. The van der Waals surface area contributed by atoms with Crippen molar-refractivity contribution in [2.24, 2.45) is 0 Å². The Hall–Kier alpha value is -1.66. The molecule has 0 atom stereocenters. The van der Waals surface area contributed by atoms with Crippen LogP contribution < -0.4 is 11.1 Å².